The van der Waals surface area contributed by atoms with E-state index < -0.39 is 6.57 Å². The fourth-order valence-electron chi connectivity index (χ4n) is 3.02. The second-order valence-corrected chi connectivity index (χ2v) is 9.26. The zero-order valence-corrected chi connectivity index (χ0v) is 13.1. The smallest absolute Gasteiger partial charge is 0.203 e. The van der Waals surface area contributed by atoms with Gasteiger partial charge in [-0.05, 0) is 52.1 Å². The molecule has 2 aliphatic rings. The number of hydrogen-bond acceptors (Lipinski definition) is 2. The molecule has 0 radical (unpaired) electrons. The van der Waals surface area contributed by atoms with E-state index in [1.54, 1.807) is 0 Å². The molecule has 17 heavy (non-hydrogen) atoms. The summed E-state index contributed by atoms with van der Waals surface area (Å²) in [4.78, 5) is 0. The molecular weight excluding hydrogens is 251 g/mol. The van der Waals surface area contributed by atoms with E-state index in [4.69, 9.17) is 16.3 Å². The van der Waals surface area contributed by atoms with Crippen LogP contribution in [0.4, 0.5) is 0 Å². The van der Waals surface area contributed by atoms with Crippen molar-refractivity contribution in [3.8, 4) is 0 Å². The first-order valence-corrected chi connectivity index (χ1v) is 9.38. The Morgan fingerprint density at radius 2 is 1.71 bits per heavy atom. The molecule has 3 nitrogen and oxygen atoms in total. The van der Waals surface area contributed by atoms with Gasteiger partial charge in [-0.15, -0.1) is 0 Å². The van der Waals surface area contributed by atoms with Crippen LogP contribution in [0.5, 0.6) is 0 Å². The van der Waals surface area contributed by atoms with E-state index >= 15 is 0 Å². The van der Waals surface area contributed by atoms with Crippen molar-refractivity contribution in [1.82, 2.24) is 9.34 Å². The zero-order valence-electron chi connectivity index (χ0n) is 11.4. The van der Waals surface area contributed by atoms with E-state index in [9.17, 15) is 0 Å². The highest BCUT2D eigenvalue weighted by Gasteiger charge is 2.49. The molecule has 0 unspecified atom stereocenters. The van der Waals surface area contributed by atoms with Gasteiger partial charge in [-0.2, -0.15) is 0 Å². The van der Waals surface area contributed by atoms with Gasteiger partial charge in [0, 0.05) is 12.1 Å². The Bertz CT molecular complexity index is 304. The molecule has 0 aromatic heterocycles. The van der Waals surface area contributed by atoms with Crippen molar-refractivity contribution in [2.45, 2.75) is 64.1 Å². The summed E-state index contributed by atoms with van der Waals surface area (Å²) >= 11 is 5.91. The molecule has 3 atom stereocenters. The fourth-order valence-corrected chi connectivity index (χ4v) is 6.83. The molecule has 1 saturated heterocycles. The molecule has 0 amide bonds. The van der Waals surface area contributed by atoms with Gasteiger partial charge in [0.15, 0.2) is 0 Å². The molecule has 1 heterocycles. The van der Waals surface area contributed by atoms with Crippen molar-refractivity contribution < 1.29 is 4.52 Å². The van der Waals surface area contributed by atoms with Crippen LogP contribution < -0.4 is 0 Å². The Balaban J connectivity index is 2.19. The second-order valence-electron chi connectivity index (χ2n) is 5.38. The van der Waals surface area contributed by atoms with Gasteiger partial charge in [-0.3, -0.25) is 0 Å². The van der Waals surface area contributed by atoms with Crippen LogP contribution in [0.1, 0.15) is 46.0 Å². The van der Waals surface area contributed by atoms with Crippen molar-refractivity contribution >= 4 is 18.4 Å². The van der Waals surface area contributed by atoms with E-state index in [1.165, 1.54) is 25.7 Å². The number of rotatable bonds is 3. The first-order chi connectivity index (χ1) is 8.00. The van der Waals surface area contributed by atoms with E-state index in [0.717, 1.165) is 6.42 Å². The first-order valence-electron chi connectivity index (χ1n) is 6.75. The minimum absolute atomic E-state index is 0.269. The van der Waals surface area contributed by atoms with E-state index in [0.29, 0.717) is 12.1 Å². The van der Waals surface area contributed by atoms with Crippen LogP contribution in [0.25, 0.3) is 0 Å². The number of likely N-dealkylation sites (N-methyl/N-ethyl adjacent to an activating group) is 2. The lowest BCUT2D eigenvalue weighted by Crippen LogP contribution is -2.37. The third kappa shape index (κ3) is 2.35. The van der Waals surface area contributed by atoms with Crippen LogP contribution in [0, 0.1) is 0 Å². The molecule has 0 N–H and O–H groups in total. The van der Waals surface area contributed by atoms with Crippen molar-refractivity contribution in [3.63, 3.8) is 0 Å². The molecule has 100 valence electrons. The Hall–Kier alpha value is 0.530. The van der Waals surface area contributed by atoms with Gasteiger partial charge in [-0.1, -0.05) is 19.8 Å². The third-order valence-corrected chi connectivity index (χ3v) is 8.97. The predicted molar refractivity (Wildman–Crippen MR) is 76.7 cm³/mol. The summed E-state index contributed by atoms with van der Waals surface area (Å²) < 4.78 is 11.0. The molecule has 5 heteroatoms. The number of nitrogens with zero attached hydrogens (tertiary/aromatic N) is 2. The number of fused-ring (bicyclic) bond motifs is 1. The van der Waals surface area contributed by atoms with E-state index in [2.05, 4.69) is 37.3 Å². The molecule has 0 spiro atoms. The molecule has 2 rings (SSSR count). The van der Waals surface area contributed by atoms with Crippen LogP contribution >= 0.6 is 6.57 Å². The topological polar surface area (TPSA) is 15.7 Å². The Kier molecular flexibility index (Phi) is 4.32. The molecular formula is C12H25N2OPS. The van der Waals surface area contributed by atoms with Gasteiger partial charge < -0.3 is 4.52 Å². The van der Waals surface area contributed by atoms with Crippen molar-refractivity contribution in [2.24, 2.45) is 0 Å². The van der Waals surface area contributed by atoms with Crippen LogP contribution in [0.2, 0.25) is 0 Å². The maximum absolute atomic E-state index is 6.24. The van der Waals surface area contributed by atoms with Crippen molar-refractivity contribution in [1.29, 1.82) is 0 Å². The summed E-state index contributed by atoms with van der Waals surface area (Å²) in [6, 6.07) is 1.26. The normalized spacial score (nSPS) is 35.8. The Morgan fingerprint density at radius 3 is 2.12 bits per heavy atom. The summed E-state index contributed by atoms with van der Waals surface area (Å²) in [6.07, 6.45) is 6.57. The summed E-state index contributed by atoms with van der Waals surface area (Å²) in [5.41, 5.74) is 0. The summed E-state index contributed by atoms with van der Waals surface area (Å²) in [6.45, 7) is 2.37. The summed E-state index contributed by atoms with van der Waals surface area (Å²) in [7, 11) is 4.35. The minimum Gasteiger partial charge on any atom is -0.324 e. The maximum atomic E-state index is 6.24. The molecule has 2 fully saturated rings. The third-order valence-electron chi connectivity index (χ3n) is 4.34. The van der Waals surface area contributed by atoms with Gasteiger partial charge in [0.05, 0.1) is 6.10 Å². The van der Waals surface area contributed by atoms with Crippen LogP contribution in [0.3, 0.4) is 0 Å². The molecule has 1 aliphatic heterocycles. The maximum Gasteiger partial charge on any atom is 0.203 e. The standard InChI is InChI=1S/C12H25N2OPS/c1-5-10(2)15-16(17)13(3)11-8-6-7-9-12(11)14(16)4/h10-12H,5-9H2,1-4H3/t10-,11-,12-/m1/s1. The summed E-state index contributed by atoms with van der Waals surface area (Å²) in [5, 5.41) is 0. The average molecular weight is 276 g/mol. The highest BCUT2D eigenvalue weighted by Crippen LogP contribution is 2.63. The fraction of sp³-hybridized carbons (Fsp3) is 1.00. The van der Waals surface area contributed by atoms with Gasteiger partial charge in [0.1, 0.15) is 0 Å². The largest absolute Gasteiger partial charge is 0.324 e. The first kappa shape index (κ1) is 14.0. The Labute approximate surface area is 111 Å². The lowest BCUT2D eigenvalue weighted by atomic mass is 9.91. The molecule has 1 aliphatic carbocycles. The van der Waals surface area contributed by atoms with E-state index in [1.807, 2.05) is 0 Å². The predicted octanol–water partition coefficient (Wildman–Crippen LogP) is 3.21. The molecule has 0 aromatic carbocycles. The van der Waals surface area contributed by atoms with Crippen LogP contribution in [-0.4, -0.2) is 41.6 Å². The Morgan fingerprint density at radius 1 is 1.24 bits per heavy atom. The average Bonchev–Trinajstić information content (AvgIpc) is 2.53. The molecule has 0 aromatic rings. The van der Waals surface area contributed by atoms with Gasteiger partial charge in [-0.25, -0.2) is 9.34 Å². The highest BCUT2D eigenvalue weighted by molar-refractivity contribution is 8.10. The molecule has 0 bridgehead atoms. The lowest BCUT2D eigenvalue weighted by molar-refractivity contribution is 0.212. The highest BCUT2D eigenvalue weighted by atomic mass is 32.5. The van der Waals surface area contributed by atoms with Gasteiger partial charge in [0.2, 0.25) is 6.57 Å². The number of hydrogen-bond donors (Lipinski definition) is 0. The van der Waals surface area contributed by atoms with Crippen molar-refractivity contribution in [3.05, 3.63) is 0 Å². The molecule has 1 saturated carbocycles. The lowest BCUT2D eigenvalue weighted by Gasteiger charge is -2.32. The van der Waals surface area contributed by atoms with Crippen LogP contribution in [0.15, 0.2) is 0 Å². The second kappa shape index (κ2) is 5.26. The summed E-state index contributed by atoms with van der Waals surface area (Å²) in [5.74, 6) is 0. The van der Waals surface area contributed by atoms with E-state index in [-0.39, 0.29) is 6.10 Å². The van der Waals surface area contributed by atoms with Gasteiger partial charge in [0.25, 0.3) is 0 Å². The monoisotopic (exact) mass is 276 g/mol. The van der Waals surface area contributed by atoms with Crippen LogP contribution in [-0.2, 0) is 16.3 Å². The zero-order chi connectivity index (χ0) is 12.6. The SMILES string of the molecule is CC[C@@H](C)OP1(=S)N(C)[C@@H]2CCCC[C@H]2N1C. The minimum atomic E-state index is -1.93. The van der Waals surface area contributed by atoms with Gasteiger partial charge >= 0.3 is 0 Å². The quantitative estimate of drug-likeness (QED) is 0.735. The van der Waals surface area contributed by atoms with Crippen molar-refractivity contribution in [2.75, 3.05) is 14.1 Å².